The van der Waals surface area contributed by atoms with Gasteiger partial charge >= 0.3 is 0 Å². The number of halogens is 1. The highest BCUT2D eigenvalue weighted by Crippen LogP contribution is 2.22. The molecule has 0 aliphatic carbocycles. The van der Waals surface area contributed by atoms with Crippen LogP contribution in [0.15, 0.2) is 53.5 Å². The molecule has 0 spiro atoms. The highest BCUT2D eigenvalue weighted by atomic mass is 127. The quantitative estimate of drug-likeness (QED) is 0.379. The number of nitrogens with zero attached hydrogens (tertiary/aromatic N) is 2. The summed E-state index contributed by atoms with van der Waals surface area (Å²) in [7, 11) is 1.63. The first-order chi connectivity index (χ1) is 11.6. The Balaban J connectivity index is 0.00000312. The average Bonchev–Trinajstić information content (AvgIpc) is 2.59. The fourth-order valence-corrected chi connectivity index (χ4v) is 2.51. The van der Waals surface area contributed by atoms with Crippen LogP contribution in [0.3, 0.4) is 0 Å². The third kappa shape index (κ3) is 6.45. The molecule has 3 N–H and O–H groups in total. The molecule has 0 bridgehead atoms. The van der Waals surface area contributed by atoms with Crippen molar-refractivity contribution in [2.45, 2.75) is 13.8 Å². The summed E-state index contributed by atoms with van der Waals surface area (Å²) in [6.45, 7) is 6.61. The number of ether oxygens (including phenoxy) is 1. The van der Waals surface area contributed by atoms with E-state index in [9.17, 15) is 0 Å². The number of benzene rings is 2. The lowest BCUT2D eigenvalue weighted by Gasteiger charge is -2.22. The number of hydrogen-bond donors (Lipinski definition) is 2. The summed E-state index contributed by atoms with van der Waals surface area (Å²) in [5.74, 6) is 1.13. The predicted octanol–water partition coefficient (Wildman–Crippen LogP) is 3.87. The number of aryl methyl sites for hydroxylation is 1. The average molecular weight is 454 g/mol. The summed E-state index contributed by atoms with van der Waals surface area (Å²) in [4.78, 5) is 6.70. The lowest BCUT2D eigenvalue weighted by atomic mass is 10.2. The summed E-state index contributed by atoms with van der Waals surface area (Å²) in [5, 5.41) is 3.09. The zero-order chi connectivity index (χ0) is 17.4. The number of para-hydroxylation sites is 2. The molecule has 0 heterocycles. The van der Waals surface area contributed by atoms with E-state index in [4.69, 9.17) is 10.5 Å². The number of likely N-dealkylation sites (N-methyl/N-ethyl adjacent to an activating group) is 1. The highest BCUT2D eigenvalue weighted by Gasteiger charge is 2.05. The van der Waals surface area contributed by atoms with Gasteiger partial charge in [0.15, 0.2) is 5.96 Å². The molecule has 0 saturated heterocycles. The van der Waals surface area contributed by atoms with E-state index in [-0.39, 0.29) is 24.0 Å². The van der Waals surface area contributed by atoms with Gasteiger partial charge in [-0.2, -0.15) is 0 Å². The molecule has 5 nitrogen and oxygen atoms in total. The van der Waals surface area contributed by atoms with Crippen molar-refractivity contribution in [3.8, 4) is 5.75 Å². The van der Waals surface area contributed by atoms with Gasteiger partial charge in [-0.3, -0.25) is 4.99 Å². The monoisotopic (exact) mass is 454 g/mol. The van der Waals surface area contributed by atoms with Crippen molar-refractivity contribution in [3.63, 3.8) is 0 Å². The van der Waals surface area contributed by atoms with Crippen LogP contribution in [0.1, 0.15) is 12.5 Å². The SMILES string of the molecule is CCN(CCN=C(N)Nc1ccccc1OC)c1cccc(C)c1.I. The maximum Gasteiger partial charge on any atom is 0.193 e. The van der Waals surface area contributed by atoms with Gasteiger partial charge in [0.1, 0.15) is 5.75 Å². The minimum absolute atomic E-state index is 0. The zero-order valence-electron chi connectivity index (χ0n) is 15.0. The Morgan fingerprint density at radius 3 is 2.64 bits per heavy atom. The van der Waals surface area contributed by atoms with Gasteiger partial charge in [0.2, 0.25) is 0 Å². The van der Waals surface area contributed by atoms with Crippen LogP contribution in [-0.4, -0.2) is 32.7 Å². The van der Waals surface area contributed by atoms with E-state index in [0.29, 0.717) is 12.5 Å². The van der Waals surface area contributed by atoms with Gasteiger partial charge in [0.05, 0.1) is 19.3 Å². The van der Waals surface area contributed by atoms with Crippen LogP contribution in [0.2, 0.25) is 0 Å². The first kappa shape index (κ1) is 21.1. The number of methoxy groups -OCH3 is 1. The van der Waals surface area contributed by atoms with Gasteiger partial charge < -0.3 is 20.7 Å². The van der Waals surface area contributed by atoms with E-state index in [1.54, 1.807) is 7.11 Å². The Kier molecular flexibility index (Phi) is 9.12. The van der Waals surface area contributed by atoms with Crippen LogP contribution in [-0.2, 0) is 0 Å². The van der Waals surface area contributed by atoms with Crippen LogP contribution in [0.4, 0.5) is 11.4 Å². The van der Waals surface area contributed by atoms with E-state index >= 15 is 0 Å². The van der Waals surface area contributed by atoms with Crippen molar-refractivity contribution in [2.24, 2.45) is 10.7 Å². The molecule has 136 valence electrons. The number of nitrogens with one attached hydrogen (secondary N) is 1. The second-order valence-electron chi connectivity index (χ2n) is 5.51. The minimum Gasteiger partial charge on any atom is -0.495 e. The summed E-state index contributed by atoms with van der Waals surface area (Å²) in [6.07, 6.45) is 0. The van der Waals surface area contributed by atoms with Crippen LogP contribution >= 0.6 is 24.0 Å². The predicted molar refractivity (Wildman–Crippen MR) is 118 cm³/mol. The Hall–Kier alpha value is -1.96. The fourth-order valence-electron chi connectivity index (χ4n) is 2.51. The van der Waals surface area contributed by atoms with Crippen molar-refractivity contribution in [1.29, 1.82) is 0 Å². The number of aliphatic imine (C=N–C) groups is 1. The van der Waals surface area contributed by atoms with Crippen molar-refractivity contribution < 1.29 is 4.74 Å². The number of hydrogen-bond acceptors (Lipinski definition) is 3. The fraction of sp³-hybridized carbons (Fsp3) is 0.316. The van der Waals surface area contributed by atoms with E-state index < -0.39 is 0 Å². The Morgan fingerprint density at radius 2 is 1.96 bits per heavy atom. The van der Waals surface area contributed by atoms with E-state index in [1.807, 2.05) is 24.3 Å². The lowest BCUT2D eigenvalue weighted by Crippen LogP contribution is -2.28. The third-order valence-corrected chi connectivity index (χ3v) is 3.77. The Labute approximate surface area is 167 Å². The summed E-state index contributed by atoms with van der Waals surface area (Å²) in [6, 6.07) is 16.1. The normalized spacial score (nSPS) is 10.8. The van der Waals surface area contributed by atoms with Gasteiger partial charge in [0.25, 0.3) is 0 Å². The van der Waals surface area contributed by atoms with Gasteiger partial charge in [-0.1, -0.05) is 24.3 Å². The van der Waals surface area contributed by atoms with E-state index in [2.05, 4.69) is 53.3 Å². The van der Waals surface area contributed by atoms with Gasteiger partial charge in [-0.15, -0.1) is 24.0 Å². The first-order valence-corrected chi connectivity index (χ1v) is 8.15. The number of guanidine groups is 1. The smallest absolute Gasteiger partial charge is 0.193 e. The van der Waals surface area contributed by atoms with Crippen molar-refractivity contribution in [3.05, 3.63) is 54.1 Å². The summed E-state index contributed by atoms with van der Waals surface area (Å²) in [5.41, 5.74) is 9.27. The lowest BCUT2D eigenvalue weighted by molar-refractivity contribution is 0.417. The largest absolute Gasteiger partial charge is 0.495 e. The maximum absolute atomic E-state index is 5.98. The molecule has 25 heavy (non-hydrogen) atoms. The van der Waals surface area contributed by atoms with Crippen molar-refractivity contribution in [2.75, 3.05) is 37.0 Å². The first-order valence-electron chi connectivity index (χ1n) is 8.15. The molecule has 0 aliphatic rings. The van der Waals surface area contributed by atoms with Crippen LogP contribution in [0.5, 0.6) is 5.75 Å². The molecule has 0 saturated carbocycles. The number of rotatable bonds is 7. The number of nitrogens with two attached hydrogens (primary N) is 1. The molecule has 2 aromatic rings. The van der Waals surface area contributed by atoms with Crippen molar-refractivity contribution >= 4 is 41.3 Å². The summed E-state index contributed by atoms with van der Waals surface area (Å²) < 4.78 is 5.29. The molecule has 6 heteroatoms. The molecule has 0 amide bonds. The number of anilines is 2. The Morgan fingerprint density at radius 1 is 1.20 bits per heavy atom. The van der Waals surface area contributed by atoms with Crippen LogP contribution in [0, 0.1) is 6.92 Å². The molecule has 2 aromatic carbocycles. The van der Waals surface area contributed by atoms with Gasteiger partial charge in [-0.05, 0) is 43.7 Å². The van der Waals surface area contributed by atoms with E-state index in [1.165, 1.54) is 11.3 Å². The van der Waals surface area contributed by atoms with Gasteiger partial charge in [0, 0.05) is 18.8 Å². The highest BCUT2D eigenvalue weighted by molar-refractivity contribution is 14.0. The van der Waals surface area contributed by atoms with Crippen LogP contribution < -0.4 is 20.7 Å². The zero-order valence-corrected chi connectivity index (χ0v) is 17.4. The standard InChI is InChI=1S/C19H26N4O.HI/c1-4-23(16-9-7-8-15(2)14-16)13-12-21-19(20)22-17-10-5-6-11-18(17)24-3;/h5-11,14H,4,12-13H2,1-3H3,(H3,20,21,22);1H. The molecular formula is C19H27IN4O. The third-order valence-electron chi connectivity index (χ3n) is 3.77. The molecule has 0 aromatic heterocycles. The molecule has 0 atom stereocenters. The second kappa shape index (κ2) is 10.8. The van der Waals surface area contributed by atoms with Crippen LogP contribution in [0.25, 0.3) is 0 Å². The molecule has 2 rings (SSSR count). The Bertz CT molecular complexity index is 691. The second-order valence-corrected chi connectivity index (χ2v) is 5.51. The van der Waals surface area contributed by atoms with E-state index in [0.717, 1.165) is 24.5 Å². The van der Waals surface area contributed by atoms with Gasteiger partial charge in [-0.25, -0.2) is 0 Å². The molecule has 0 unspecified atom stereocenters. The van der Waals surface area contributed by atoms with Crippen molar-refractivity contribution in [1.82, 2.24) is 0 Å². The molecule has 0 fully saturated rings. The molecule has 0 radical (unpaired) electrons. The minimum atomic E-state index is 0. The maximum atomic E-state index is 5.98. The molecule has 0 aliphatic heterocycles. The topological polar surface area (TPSA) is 62.9 Å². The summed E-state index contributed by atoms with van der Waals surface area (Å²) >= 11 is 0. The molecular weight excluding hydrogens is 427 g/mol.